The van der Waals surface area contributed by atoms with Gasteiger partial charge in [-0.25, -0.2) is 0 Å². The smallest absolute Gasteiger partial charge is 0.0325 e. The molecule has 1 heterocycles. The lowest BCUT2D eigenvalue weighted by Gasteiger charge is -2.14. The highest BCUT2D eigenvalue weighted by molar-refractivity contribution is 5.33. The Morgan fingerprint density at radius 3 is 2.64 bits per heavy atom. The van der Waals surface area contributed by atoms with Crippen molar-refractivity contribution in [1.29, 1.82) is 0 Å². The number of rotatable bonds is 1. The Morgan fingerprint density at radius 1 is 1.29 bits per heavy atom. The first-order valence-electron chi connectivity index (χ1n) is 5.47. The quantitative estimate of drug-likeness (QED) is 0.716. The molecular formula is C13H19N. The number of aryl methyl sites for hydroxylation is 2. The van der Waals surface area contributed by atoms with Crippen molar-refractivity contribution >= 4 is 0 Å². The standard InChI is InChI=1S/C13H19N/c1-9-4-5-12(11(3)6-9)13-7-10(2)8-14-13/h4-6,10,13-14H,7-8H2,1-3H3/t10-,13-/m1/s1. The maximum Gasteiger partial charge on any atom is 0.0325 e. The Balaban J connectivity index is 2.24. The van der Waals surface area contributed by atoms with E-state index < -0.39 is 0 Å². The van der Waals surface area contributed by atoms with Crippen LogP contribution in [0.5, 0.6) is 0 Å². The molecular weight excluding hydrogens is 170 g/mol. The zero-order chi connectivity index (χ0) is 10.1. The molecule has 14 heavy (non-hydrogen) atoms. The summed E-state index contributed by atoms with van der Waals surface area (Å²) in [6, 6.07) is 7.36. The van der Waals surface area contributed by atoms with Crippen LogP contribution >= 0.6 is 0 Å². The maximum atomic E-state index is 3.58. The highest BCUT2D eigenvalue weighted by atomic mass is 14.9. The first-order chi connectivity index (χ1) is 6.66. The van der Waals surface area contributed by atoms with Gasteiger partial charge in [0.25, 0.3) is 0 Å². The summed E-state index contributed by atoms with van der Waals surface area (Å²) in [4.78, 5) is 0. The van der Waals surface area contributed by atoms with Crippen LogP contribution in [0.4, 0.5) is 0 Å². The van der Waals surface area contributed by atoms with E-state index in [0.717, 1.165) is 12.5 Å². The zero-order valence-corrected chi connectivity index (χ0v) is 9.30. The third-order valence-electron chi connectivity index (χ3n) is 3.15. The predicted octanol–water partition coefficient (Wildman–Crippen LogP) is 2.97. The average Bonchev–Trinajstić information content (AvgIpc) is 2.51. The minimum atomic E-state index is 0.589. The number of benzene rings is 1. The van der Waals surface area contributed by atoms with E-state index in [9.17, 15) is 0 Å². The fourth-order valence-electron chi connectivity index (χ4n) is 2.37. The Bertz CT molecular complexity index is 330. The second-order valence-electron chi connectivity index (χ2n) is 4.66. The molecule has 1 aromatic rings. The summed E-state index contributed by atoms with van der Waals surface area (Å²) in [6.07, 6.45) is 1.28. The first kappa shape index (κ1) is 9.72. The summed E-state index contributed by atoms with van der Waals surface area (Å²) in [7, 11) is 0. The molecule has 1 aliphatic heterocycles. The molecule has 1 aliphatic rings. The van der Waals surface area contributed by atoms with Crippen molar-refractivity contribution in [3.8, 4) is 0 Å². The topological polar surface area (TPSA) is 12.0 Å². The molecule has 1 nitrogen and oxygen atoms in total. The van der Waals surface area contributed by atoms with Crippen LogP contribution in [0.1, 0.15) is 36.1 Å². The van der Waals surface area contributed by atoms with Crippen LogP contribution < -0.4 is 5.32 Å². The molecule has 0 spiro atoms. The number of hydrogen-bond donors (Lipinski definition) is 1. The maximum absolute atomic E-state index is 3.58. The lowest BCUT2D eigenvalue weighted by atomic mass is 9.96. The first-order valence-corrected chi connectivity index (χ1v) is 5.47. The van der Waals surface area contributed by atoms with Crippen molar-refractivity contribution in [2.24, 2.45) is 5.92 Å². The normalized spacial score (nSPS) is 26.8. The molecule has 0 bridgehead atoms. The third kappa shape index (κ3) is 1.83. The lowest BCUT2D eigenvalue weighted by molar-refractivity contribution is 0.609. The van der Waals surface area contributed by atoms with E-state index in [2.05, 4.69) is 44.3 Å². The van der Waals surface area contributed by atoms with Crippen molar-refractivity contribution in [2.45, 2.75) is 33.2 Å². The molecule has 0 amide bonds. The minimum absolute atomic E-state index is 0.589. The molecule has 2 atom stereocenters. The minimum Gasteiger partial charge on any atom is -0.310 e. The van der Waals surface area contributed by atoms with Gasteiger partial charge in [0, 0.05) is 6.04 Å². The fourth-order valence-corrected chi connectivity index (χ4v) is 2.37. The van der Waals surface area contributed by atoms with Gasteiger partial charge in [-0.1, -0.05) is 30.7 Å². The van der Waals surface area contributed by atoms with Gasteiger partial charge in [0.2, 0.25) is 0 Å². The zero-order valence-electron chi connectivity index (χ0n) is 9.30. The molecule has 2 rings (SSSR count). The fraction of sp³-hybridized carbons (Fsp3) is 0.538. The van der Waals surface area contributed by atoms with Gasteiger partial charge in [-0.15, -0.1) is 0 Å². The molecule has 1 saturated heterocycles. The van der Waals surface area contributed by atoms with E-state index in [1.807, 2.05) is 0 Å². The molecule has 0 saturated carbocycles. The van der Waals surface area contributed by atoms with Crippen LogP contribution in [0.2, 0.25) is 0 Å². The van der Waals surface area contributed by atoms with Crippen molar-refractivity contribution in [3.63, 3.8) is 0 Å². The molecule has 1 N–H and O–H groups in total. The molecule has 1 fully saturated rings. The van der Waals surface area contributed by atoms with Crippen molar-refractivity contribution < 1.29 is 0 Å². The molecule has 0 unspecified atom stereocenters. The van der Waals surface area contributed by atoms with E-state index in [1.165, 1.54) is 23.1 Å². The van der Waals surface area contributed by atoms with Crippen LogP contribution in [0.3, 0.4) is 0 Å². The monoisotopic (exact) mass is 189 g/mol. The molecule has 1 aromatic carbocycles. The second kappa shape index (κ2) is 3.74. The summed E-state index contributed by atoms with van der Waals surface area (Å²) in [5.41, 5.74) is 4.27. The summed E-state index contributed by atoms with van der Waals surface area (Å²) in [5, 5.41) is 3.58. The van der Waals surface area contributed by atoms with Gasteiger partial charge in [0.15, 0.2) is 0 Å². The third-order valence-corrected chi connectivity index (χ3v) is 3.15. The summed E-state index contributed by atoms with van der Waals surface area (Å²) >= 11 is 0. The Labute approximate surface area is 86.5 Å². The van der Waals surface area contributed by atoms with Crippen molar-refractivity contribution in [2.75, 3.05) is 6.54 Å². The SMILES string of the molecule is Cc1ccc([C@H]2C[C@@H](C)CN2)c(C)c1. The molecule has 0 radical (unpaired) electrons. The van der Waals surface area contributed by atoms with E-state index in [4.69, 9.17) is 0 Å². The van der Waals surface area contributed by atoms with Crippen LogP contribution in [-0.4, -0.2) is 6.54 Å². The van der Waals surface area contributed by atoms with E-state index in [1.54, 1.807) is 0 Å². The van der Waals surface area contributed by atoms with E-state index in [-0.39, 0.29) is 0 Å². The van der Waals surface area contributed by atoms with Crippen molar-refractivity contribution in [3.05, 3.63) is 34.9 Å². The average molecular weight is 189 g/mol. The summed E-state index contributed by atoms with van der Waals surface area (Å²) in [6.45, 7) is 7.85. The van der Waals surface area contributed by atoms with Crippen LogP contribution in [-0.2, 0) is 0 Å². The van der Waals surface area contributed by atoms with E-state index >= 15 is 0 Å². The van der Waals surface area contributed by atoms with Crippen molar-refractivity contribution in [1.82, 2.24) is 5.32 Å². The number of hydrogen-bond acceptors (Lipinski definition) is 1. The molecule has 0 aromatic heterocycles. The molecule has 76 valence electrons. The van der Waals surface area contributed by atoms with Gasteiger partial charge in [0.05, 0.1) is 0 Å². The molecule has 0 aliphatic carbocycles. The van der Waals surface area contributed by atoms with Gasteiger partial charge >= 0.3 is 0 Å². The largest absolute Gasteiger partial charge is 0.310 e. The highest BCUT2D eigenvalue weighted by Gasteiger charge is 2.22. The van der Waals surface area contributed by atoms with Gasteiger partial charge in [-0.3, -0.25) is 0 Å². The molecule has 1 heteroatoms. The van der Waals surface area contributed by atoms with Crippen LogP contribution in [0.25, 0.3) is 0 Å². The Hall–Kier alpha value is -0.820. The lowest BCUT2D eigenvalue weighted by Crippen LogP contribution is -2.14. The van der Waals surface area contributed by atoms with Crippen LogP contribution in [0, 0.1) is 19.8 Å². The summed E-state index contributed by atoms with van der Waals surface area (Å²) in [5.74, 6) is 0.820. The highest BCUT2D eigenvalue weighted by Crippen LogP contribution is 2.29. The van der Waals surface area contributed by atoms with E-state index in [0.29, 0.717) is 6.04 Å². The summed E-state index contributed by atoms with van der Waals surface area (Å²) < 4.78 is 0. The van der Waals surface area contributed by atoms with Gasteiger partial charge in [-0.05, 0) is 43.9 Å². The Morgan fingerprint density at radius 2 is 2.07 bits per heavy atom. The predicted molar refractivity (Wildman–Crippen MR) is 60.4 cm³/mol. The number of nitrogens with one attached hydrogen (secondary N) is 1. The van der Waals surface area contributed by atoms with Crippen LogP contribution in [0.15, 0.2) is 18.2 Å². The second-order valence-corrected chi connectivity index (χ2v) is 4.66. The Kier molecular flexibility index (Phi) is 2.60. The van der Waals surface area contributed by atoms with Gasteiger partial charge in [-0.2, -0.15) is 0 Å². The van der Waals surface area contributed by atoms with Gasteiger partial charge < -0.3 is 5.32 Å². The van der Waals surface area contributed by atoms with Gasteiger partial charge in [0.1, 0.15) is 0 Å².